The maximum Gasteiger partial charge on any atom is 0.433 e. The Labute approximate surface area is 143 Å². The number of nitrogens with one attached hydrogen (secondary N) is 2. The van der Waals surface area contributed by atoms with Crippen molar-refractivity contribution < 1.29 is 22.7 Å². The number of nitrogens with zero attached hydrogens (tertiary/aromatic N) is 2. The summed E-state index contributed by atoms with van der Waals surface area (Å²) >= 11 is 3.09. The predicted molar refractivity (Wildman–Crippen MR) is 84.6 cm³/mol. The van der Waals surface area contributed by atoms with Gasteiger partial charge in [0.1, 0.15) is 11.6 Å². The lowest BCUT2D eigenvalue weighted by molar-refractivity contribution is -0.141. The SMILES string of the molecule is OCCCNc1nc(Nc2ccc(Br)cc2F)cc(C(F)(F)F)n1. The quantitative estimate of drug-likeness (QED) is 0.498. The Morgan fingerprint density at radius 1 is 1.17 bits per heavy atom. The van der Waals surface area contributed by atoms with E-state index in [2.05, 4.69) is 36.5 Å². The molecule has 1 heterocycles. The summed E-state index contributed by atoms with van der Waals surface area (Å²) in [6.07, 6.45) is -4.35. The number of aliphatic hydroxyl groups is 1. The second-order valence-corrected chi connectivity index (χ2v) is 5.63. The Kier molecular flexibility index (Phi) is 5.94. The van der Waals surface area contributed by atoms with Crippen LogP contribution in [-0.2, 0) is 6.18 Å². The minimum absolute atomic E-state index is 0.0219. The molecule has 5 nitrogen and oxygen atoms in total. The average Bonchev–Trinajstić information content (AvgIpc) is 2.49. The predicted octanol–water partition coefficient (Wildman–Crippen LogP) is 3.93. The van der Waals surface area contributed by atoms with Crippen molar-refractivity contribution in [2.24, 2.45) is 0 Å². The van der Waals surface area contributed by atoms with Gasteiger partial charge in [-0.15, -0.1) is 0 Å². The summed E-state index contributed by atoms with van der Waals surface area (Å²) in [6, 6.07) is 4.78. The first-order valence-corrected chi connectivity index (χ1v) is 7.62. The molecular weight excluding hydrogens is 396 g/mol. The molecule has 2 aromatic rings. The van der Waals surface area contributed by atoms with Crippen molar-refractivity contribution in [2.45, 2.75) is 12.6 Å². The highest BCUT2D eigenvalue weighted by Crippen LogP contribution is 2.31. The number of rotatable bonds is 6. The zero-order chi connectivity index (χ0) is 17.7. The van der Waals surface area contributed by atoms with E-state index in [-0.39, 0.29) is 30.6 Å². The first-order valence-electron chi connectivity index (χ1n) is 6.82. The van der Waals surface area contributed by atoms with Gasteiger partial charge >= 0.3 is 6.18 Å². The summed E-state index contributed by atoms with van der Waals surface area (Å²) in [6.45, 7) is 0.0745. The molecule has 0 atom stereocenters. The molecule has 0 aliphatic heterocycles. The van der Waals surface area contributed by atoms with Crippen LogP contribution >= 0.6 is 15.9 Å². The van der Waals surface area contributed by atoms with Crippen LogP contribution in [0.4, 0.5) is 35.0 Å². The van der Waals surface area contributed by atoms with E-state index in [1.54, 1.807) is 0 Å². The van der Waals surface area contributed by atoms with Crippen LogP contribution in [0.25, 0.3) is 0 Å². The Morgan fingerprint density at radius 3 is 2.54 bits per heavy atom. The Hall–Kier alpha value is -1.94. The number of aromatic nitrogens is 2. The largest absolute Gasteiger partial charge is 0.433 e. The molecule has 0 saturated heterocycles. The van der Waals surface area contributed by atoms with Gasteiger partial charge < -0.3 is 15.7 Å². The van der Waals surface area contributed by atoms with Crippen molar-refractivity contribution in [3.63, 3.8) is 0 Å². The number of benzene rings is 1. The van der Waals surface area contributed by atoms with Gasteiger partial charge in [-0.3, -0.25) is 0 Å². The van der Waals surface area contributed by atoms with Crippen LogP contribution in [0.1, 0.15) is 12.1 Å². The van der Waals surface area contributed by atoms with Crippen molar-refractivity contribution in [2.75, 3.05) is 23.8 Å². The molecule has 3 N–H and O–H groups in total. The third-order valence-electron chi connectivity index (χ3n) is 2.83. The summed E-state index contributed by atoms with van der Waals surface area (Å²) in [5.74, 6) is -1.12. The molecule has 0 saturated carbocycles. The lowest BCUT2D eigenvalue weighted by Crippen LogP contribution is -2.14. The van der Waals surface area contributed by atoms with Crippen molar-refractivity contribution in [1.29, 1.82) is 0 Å². The van der Waals surface area contributed by atoms with Crippen LogP contribution in [0.5, 0.6) is 0 Å². The molecule has 1 aromatic carbocycles. The molecule has 0 aliphatic carbocycles. The van der Waals surface area contributed by atoms with Gasteiger partial charge in [-0.05, 0) is 24.6 Å². The van der Waals surface area contributed by atoms with Gasteiger partial charge in [-0.1, -0.05) is 15.9 Å². The van der Waals surface area contributed by atoms with Crippen molar-refractivity contribution >= 4 is 33.4 Å². The van der Waals surface area contributed by atoms with Crippen molar-refractivity contribution in [1.82, 2.24) is 9.97 Å². The normalized spacial score (nSPS) is 11.4. The van der Waals surface area contributed by atoms with Gasteiger partial charge in [0.15, 0.2) is 5.69 Å². The maximum atomic E-state index is 13.8. The van der Waals surface area contributed by atoms with E-state index >= 15 is 0 Å². The first kappa shape index (κ1) is 18.4. The van der Waals surface area contributed by atoms with E-state index < -0.39 is 17.7 Å². The number of hydrogen-bond acceptors (Lipinski definition) is 5. The van der Waals surface area contributed by atoms with Gasteiger partial charge in [-0.2, -0.15) is 18.2 Å². The molecule has 1 aromatic heterocycles. The highest BCUT2D eigenvalue weighted by atomic mass is 79.9. The smallest absolute Gasteiger partial charge is 0.396 e. The molecular formula is C14H13BrF4N4O. The van der Waals surface area contributed by atoms with Gasteiger partial charge in [0.25, 0.3) is 0 Å². The highest BCUT2D eigenvalue weighted by Gasteiger charge is 2.33. The summed E-state index contributed by atoms with van der Waals surface area (Å²) in [7, 11) is 0. The third-order valence-corrected chi connectivity index (χ3v) is 3.32. The maximum absolute atomic E-state index is 13.8. The molecule has 130 valence electrons. The summed E-state index contributed by atoms with van der Waals surface area (Å²) in [5.41, 5.74) is -1.18. The van der Waals surface area contributed by atoms with Crippen LogP contribution in [0.15, 0.2) is 28.7 Å². The van der Waals surface area contributed by atoms with Crippen LogP contribution in [-0.4, -0.2) is 28.2 Å². The molecule has 24 heavy (non-hydrogen) atoms. The lowest BCUT2D eigenvalue weighted by atomic mass is 10.3. The van der Waals surface area contributed by atoms with E-state index in [4.69, 9.17) is 5.11 Å². The molecule has 0 radical (unpaired) electrons. The second-order valence-electron chi connectivity index (χ2n) is 4.71. The van der Waals surface area contributed by atoms with Gasteiger partial charge in [0.2, 0.25) is 5.95 Å². The van der Waals surface area contributed by atoms with E-state index in [1.807, 2.05) is 0 Å². The average molecular weight is 409 g/mol. The minimum atomic E-state index is -4.68. The fourth-order valence-corrected chi connectivity index (χ4v) is 2.08. The molecule has 0 fully saturated rings. The highest BCUT2D eigenvalue weighted by molar-refractivity contribution is 9.10. The monoisotopic (exact) mass is 408 g/mol. The molecule has 0 aliphatic rings. The standard InChI is InChI=1S/C14H13BrF4N4O/c15-8-2-3-10(9(16)6-8)21-12-7-11(14(17,18)19)22-13(23-12)20-4-1-5-24/h2-3,6-7,24H,1,4-5H2,(H2,20,21,22,23). The number of halogens is 5. The van der Waals surface area contributed by atoms with E-state index in [0.717, 1.165) is 0 Å². The fourth-order valence-electron chi connectivity index (χ4n) is 1.74. The summed E-state index contributed by atoms with van der Waals surface area (Å²) in [4.78, 5) is 7.27. The van der Waals surface area contributed by atoms with Crippen molar-refractivity contribution in [3.8, 4) is 0 Å². The third kappa shape index (κ3) is 5.03. The Balaban J connectivity index is 2.31. The van der Waals surface area contributed by atoms with Crippen LogP contribution < -0.4 is 10.6 Å². The Morgan fingerprint density at radius 2 is 1.92 bits per heavy atom. The van der Waals surface area contributed by atoms with E-state index in [9.17, 15) is 17.6 Å². The number of hydrogen-bond donors (Lipinski definition) is 3. The number of alkyl halides is 3. The van der Waals surface area contributed by atoms with Gasteiger partial charge in [0, 0.05) is 23.7 Å². The fraction of sp³-hybridized carbons (Fsp3) is 0.286. The van der Waals surface area contributed by atoms with Gasteiger partial charge in [0.05, 0.1) is 5.69 Å². The summed E-state index contributed by atoms with van der Waals surface area (Å²) in [5, 5.41) is 13.8. The van der Waals surface area contributed by atoms with E-state index in [1.165, 1.54) is 18.2 Å². The lowest BCUT2D eigenvalue weighted by Gasteiger charge is -2.13. The van der Waals surface area contributed by atoms with Crippen LogP contribution in [0.2, 0.25) is 0 Å². The number of aliphatic hydroxyl groups excluding tert-OH is 1. The summed E-state index contributed by atoms with van der Waals surface area (Å²) < 4.78 is 53.1. The number of anilines is 3. The Bertz CT molecular complexity index is 712. The molecule has 0 bridgehead atoms. The first-order chi connectivity index (χ1) is 11.3. The topological polar surface area (TPSA) is 70.1 Å². The zero-order valence-corrected chi connectivity index (χ0v) is 13.7. The van der Waals surface area contributed by atoms with E-state index in [0.29, 0.717) is 17.0 Å². The molecule has 10 heteroatoms. The molecule has 0 amide bonds. The minimum Gasteiger partial charge on any atom is -0.396 e. The van der Waals surface area contributed by atoms with Gasteiger partial charge in [-0.25, -0.2) is 9.37 Å². The molecule has 0 unspecified atom stereocenters. The molecule has 2 rings (SSSR count). The van der Waals surface area contributed by atoms with Crippen LogP contribution in [0.3, 0.4) is 0 Å². The van der Waals surface area contributed by atoms with Crippen LogP contribution in [0, 0.1) is 5.82 Å². The second kappa shape index (κ2) is 7.75. The molecule has 0 spiro atoms. The zero-order valence-electron chi connectivity index (χ0n) is 12.2. The van der Waals surface area contributed by atoms with Crippen molar-refractivity contribution in [3.05, 3.63) is 40.2 Å².